The van der Waals surface area contributed by atoms with Crippen LogP contribution in [0.15, 0.2) is 46.9 Å². The van der Waals surface area contributed by atoms with Crippen molar-refractivity contribution in [1.29, 1.82) is 0 Å². The van der Waals surface area contributed by atoms with Crippen LogP contribution in [0.5, 0.6) is 11.5 Å². The number of methoxy groups -OCH3 is 1. The third-order valence-electron chi connectivity index (χ3n) is 5.14. The Morgan fingerprint density at radius 2 is 1.81 bits per heavy atom. The molecule has 0 aliphatic rings. The zero-order valence-electron chi connectivity index (χ0n) is 18.9. The standard InChI is InChI=1S/C24H30BrClN2O4/c1-5-16(3)27-24(30)21(6-2)28(14-17-7-10-19(31-4)11-8-17)23(29)15-32-22-12-9-18(25)13-20(22)26/h7-13,16,21H,5-6,14-15H2,1-4H3,(H,27,30)/t16-,21-/m1/s1. The van der Waals surface area contributed by atoms with Crippen molar-refractivity contribution in [2.24, 2.45) is 0 Å². The number of carbonyl (C=O) groups excluding carboxylic acids is 2. The zero-order valence-corrected chi connectivity index (χ0v) is 21.2. The van der Waals surface area contributed by atoms with E-state index in [1.807, 2.05) is 45.0 Å². The quantitative estimate of drug-likeness (QED) is 0.437. The second kappa shape index (κ2) is 12.7. The molecule has 0 aliphatic carbocycles. The molecular formula is C24H30BrClN2O4. The van der Waals surface area contributed by atoms with Crippen molar-refractivity contribution in [3.05, 3.63) is 57.5 Å². The zero-order chi connectivity index (χ0) is 23.7. The van der Waals surface area contributed by atoms with Crippen molar-refractivity contribution < 1.29 is 19.1 Å². The Kier molecular flexibility index (Phi) is 10.3. The van der Waals surface area contributed by atoms with E-state index in [0.29, 0.717) is 17.2 Å². The highest BCUT2D eigenvalue weighted by Crippen LogP contribution is 2.28. The van der Waals surface area contributed by atoms with E-state index in [1.165, 1.54) is 0 Å². The van der Waals surface area contributed by atoms with Crippen molar-refractivity contribution in [2.75, 3.05) is 13.7 Å². The van der Waals surface area contributed by atoms with Gasteiger partial charge in [0.25, 0.3) is 5.91 Å². The third-order valence-corrected chi connectivity index (χ3v) is 5.93. The summed E-state index contributed by atoms with van der Waals surface area (Å²) in [5.74, 6) is 0.655. The van der Waals surface area contributed by atoms with Crippen molar-refractivity contribution in [3.63, 3.8) is 0 Å². The molecule has 0 aromatic heterocycles. The highest BCUT2D eigenvalue weighted by atomic mass is 79.9. The molecule has 2 rings (SSSR count). The van der Waals surface area contributed by atoms with Gasteiger partial charge in [0.05, 0.1) is 12.1 Å². The largest absolute Gasteiger partial charge is 0.497 e. The van der Waals surface area contributed by atoms with Crippen molar-refractivity contribution >= 4 is 39.3 Å². The lowest BCUT2D eigenvalue weighted by atomic mass is 10.1. The lowest BCUT2D eigenvalue weighted by molar-refractivity contribution is -0.143. The van der Waals surface area contributed by atoms with Gasteiger partial charge in [-0.1, -0.05) is 53.5 Å². The van der Waals surface area contributed by atoms with Crippen LogP contribution in [0.2, 0.25) is 5.02 Å². The predicted molar refractivity (Wildman–Crippen MR) is 130 cm³/mol. The van der Waals surface area contributed by atoms with Crippen LogP contribution in [-0.4, -0.2) is 42.5 Å². The van der Waals surface area contributed by atoms with Gasteiger partial charge in [-0.2, -0.15) is 0 Å². The minimum absolute atomic E-state index is 0.0207. The number of hydrogen-bond donors (Lipinski definition) is 1. The van der Waals surface area contributed by atoms with E-state index < -0.39 is 6.04 Å². The first-order chi connectivity index (χ1) is 15.3. The fraction of sp³-hybridized carbons (Fsp3) is 0.417. The molecule has 2 atom stereocenters. The summed E-state index contributed by atoms with van der Waals surface area (Å²) in [5, 5.41) is 3.39. The summed E-state index contributed by atoms with van der Waals surface area (Å²) in [7, 11) is 1.60. The molecule has 0 unspecified atom stereocenters. The molecule has 0 radical (unpaired) electrons. The average molecular weight is 526 g/mol. The molecule has 0 saturated heterocycles. The number of nitrogens with one attached hydrogen (secondary N) is 1. The van der Waals surface area contributed by atoms with Gasteiger partial charge in [-0.25, -0.2) is 0 Å². The summed E-state index contributed by atoms with van der Waals surface area (Å²) in [5.41, 5.74) is 0.885. The first-order valence-electron chi connectivity index (χ1n) is 10.6. The van der Waals surface area contributed by atoms with Crippen molar-refractivity contribution in [2.45, 2.75) is 52.2 Å². The second-order valence-corrected chi connectivity index (χ2v) is 8.80. The second-order valence-electron chi connectivity index (χ2n) is 7.48. The summed E-state index contributed by atoms with van der Waals surface area (Å²) in [6.45, 7) is 5.87. The number of rotatable bonds is 11. The first kappa shape index (κ1) is 26.0. The molecule has 0 spiro atoms. The normalized spacial score (nSPS) is 12.6. The molecule has 0 aliphatic heterocycles. The Morgan fingerprint density at radius 1 is 1.12 bits per heavy atom. The summed E-state index contributed by atoms with van der Waals surface area (Å²) < 4.78 is 11.7. The number of hydrogen-bond acceptors (Lipinski definition) is 4. The number of nitrogens with zero attached hydrogens (tertiary/aromatic N) is 1. The topological polar surface area (TPSA) is 67.9 Å². The lowest BCUT2D eigenvalue weighted by Crippen LogP contribution is -2.51. The Hall–Kier alpha value is -2.25. The maximum atomic E-state index is 13.2. The molecule has 0 saturated carbocycles. The molecule has 2 aromatic carbocycles. The summed E-state index contributed by atoms with van der Waals surface area (Å²) in [6.07, 6.45) is 1.28. The molecule has 1 N–H and O–H groups in total. The summed E-state index contributed by atoms with van der Waals surface area (Å²) in [4.78, 5) is 27.7. The van der Waals surface area contributed by atoms with E-state index in [0.717, 1.165) is 22.2 Å². The van der Waals surface area contributed by atoms with E-state index in [-0.39, 0.29) is 31.0 Å². The monoisotopic (exact) mass is 524 g/mol. The number of benzene rings is 2. The molecule has 2 aromatic rings. The highest BCUT2D eigenvalue weighted by Gasteiger charge is 2.29. The van der Waals surface area contributed by atoms with Gasteiger partial charge in [-0.3, -0.25) is 9.59 Å². The van der Waals surface area contributed by atoms with Gasteiger partial charge < -0.3 is 19.7 Å². The van der Waals surface area contributed by atoms with Crippen LogP contribution in [0.3, 0.4) is 0 Å². The van der Waals surface area contributed by atoms with Crippen molar-refractivity contribution in [3.8, 4) is 11.5 Å². The number of ether oxygens (including phenoxy) is 2. The Balaban J connectivity index is 2.23. The maximum Gasteiger partial charge on any atom is 0.261 e. The molecule has 174 valence electrons. The Bertz CT molecular complexity index is 907. The van der Waals surface area contributed by atoms with E-state index in [4.69, 9.17) is 21.1 Å². The molecule has 32 heavy (non-hydrogen) atoms. The molecular weight excluding hydrogens is 496 g/mol. The maximum absolute atomic E-state index is 13.2. The van der Waals surface area contributed by atoms with Crippen LogP contribution in [0.25, 0.3) is 0 Å². The number of carbonyl (C=O) groups is 2. The van der Waals surface area contributed by atoms with Crippen LogP contribution >= 0.6 is 27.5 Å². The van der Waals surface area contributed by atoms with E-state index in [9.17, 15) is 9.59 Å². The van der Waals surface area contributed by atoms with E-state index >= 15 is 0 Å². The third kappa shape index (κ3) is 7.41. The molecule has 2 amide bonds. The summed E-state index contributed by atoms with van der Waals surface area (Å²) in [6, 6.07) is 12.0. The number of halogens is 2. The lowest BCUT2D eigenvalue weighted by Gasteiger charge is -2.31. The minimum atomic E-state index is -0.623. The van der Waals surface area contributed by atoms with Gasteiger partial charge in [0.1, 0.15) is 17.5 Å². The molecule has 6 nitrogen and oxygen atoms in total. The van der Waals surface area contributed by atoms with Crippen LogP contribution in [-0.2, 0) is 16.1 Å². The minimum Gasteiger partial charge on any atom is -0.497 e. The van der Waals surface area contributed by atoms with E-state index in [2.05, 4.69) is 21.2 Å². The van der Waals surface area contributed by atoms with Gasteiger partial charge >= 0.3 is 0 Å². The molecule has 0 fully saturated rings. The average Bonchev–Trinajstić information content (AvgIpc) is 2.78. The predicted octanol–water partition coefficient (Wildman–Crippen LogP) is 5.21. The van der Waals surface area contributed by atoms with Gasteiger partial charge in [-0.15, -0.1) is 0 Å². The Labute approximate surface area is 203 Å². The number of amides is 2. The van der Waals surface area contributed by atoms with Crippen molar-refractivity contribution in [1.82, 2.24) is 10.2 Å². The molecule has 8 heteroatoms. The Morgan fingerprint density at radius 3 is 2.38 bits per heavy atom. The van der Waals surface area contributed by atoms with Crippen LogP contribution in [0.4, 0.5) is 0 Å². The molecule has 0 bridgehead atoms. The van der Waals surface area contributed by atoms with Gasteiger partial charge in [-0.05, 0) is 55.7 Å². The van der Waals surface area contributed by atoms with Gasteiger partial charge in [0.2, 0.25) is 5.91 Å². The van der Waals surface area contributed by atoms with E-state index in [1.54, 1.807) is 30.2 Å². The van der Waals surface area contributed by atoms with Crippen LogP contribution < -0.4 is 14.8 Å². The summed E-state index contributed by atoms with van der Waals surface area (Å²) >= 11 is 9.56. The highest BCUT2D eigenvalue weighted by molar-refractivity contribution is 9.10. The smallest absolute Gasteiger partial charge is 0.261 e. The fourth-order valence-electron chi connectivity index (χ4n) is 3.10. The first-order valence-corrected chi connectivity index (χ1v) is 11.8. The SMILES string of the molecule is CC[C@@H](C)NC(=O)[C@@H](CC)N(Cc1ccc(OC)cc1)C(=O)COc1ccc(Br)cc1Cl. The van der Waals surface area contributed by atoms with Crippen LogP contribution in [0.1, 0.15) is 39.2 Å². The van der Waals surface area contributed by atoms with Crippen LogP contribution in [0, 0.1) is 0 Å². The van der Waals surface area contributed by atoms with Gasteiger partial charge in [0, 0.05) is 17.1 Å². The van der Waals surface area contributed by atoms with Gasteiger partial charge in [0.15, 0.2) is 6.61 Å². The fourth-order valence-corrected chi connectivity index (χ4v) is 3.83. The molecule has 0 heterocycles.